The van der Waals surface area contributed by atoms with Crippen LogP contribution in [0.3, 0.4) is 0 Å². The molecule has 88 valence electrons. The minimum atomic E-state index is -0.326. The number of nitrogens with one attached hydrogen (secondary N) is 1. The first-order valence-corrected chi connectivity index (χ1v) is 6.92. The normalized spacial score (nSPS) is 11.9. The van der Waals surface area contributed by atoms with Gasteiger partial charge in [0.05, 0.1) is 7.11 Å². The number of carbonyl (C=O) groups is 1. The summed E-state index contributed by atoms with van der Waals surface area (Å²) in [5.41, 5.74) is 1.03. The third-order valence-corrected chi connectivity index (χ3v) is 3.53. The quantitative estimate of drug-likeness (QED) is 0.516. The van der Waals surface area contributed by atoms with Crippen LogP contribution < -0.4 is 5.32 Å². The molecule has 0 aliphatic rings. The number of methoxy groups -OCH3 is 1. The monoisotopic (exact) mass is 303 g/mol. The molecule has 0 aliphatic carbocycles. The van der Waals surface area contributed by atoms with E-state index < -0.39 is 0 Å². The van der Waals surface area contributed by atoms with Crippen molar-refractivity contribution < 1.29 is 9.53 Å². The molecule has 3 nitrogen and oxygen atoms in total. The molecule has 1 aromatic carbocycles. The molecular weight excluding hydrogens is 290 g/mol. The smallest absolute Gasteiger partial charge is 0.321 e. The van der Waals surface area contributed by atoms with E-state index in [1.54, 1.807) is 11.8 Å². The standard InChI is InChI=1S/C11H14BrNO2S/c1-15-11(14)8(12)7-13-9-5-3-4-6-10(9)16-2/h3-6,8,13H,7H2,1-2H3. The molecule has 0 spiro atoms. The van der Waals surface area contributed by atoms with E-state index in [9.17, 15) is 4.79 Å². The lowest BCUT2D eigenvalue weighted by molar-refractivity contribution is -0.139. The molecule has 1 aromatic rings. The molecule has 1 rings (SSSR count). The van der Waals surface area contributed by atoms with E-state index in [-0.39, 0.29) is 10.8 Å². The number of halogens is 1. The van der Waals surface area contributed by atoms with Crippen molar-refractivity contribution in [2.24, 2.45) is 0 Å². The van der Waals surface area contributed by atoms with Gasteiger partial charge in [-0.25, -0.2) is 0 Å². The Kier molecular flexibility index (Phi) is 5.69. The summed E-state index contributed by atoms with van der Waals surface area (Å²) in [6.07, 6.45) is 2.02. The molecule has 16 heavy (non-hydrogen) atoms. The maximum Gasteiger partial charge on any atom is 0.321 e. The minimum absolute atomic E-state index is 0.269. The van der Waals surface area contributed by atoms with Gasteiger partial charge < -0.3 is 10.1 Å². The molecule has 0 radical (unpaired) electrons. The van der Waals surface area contributed by atoms with E-state index in [0.29, 0.717) is 6.54 Å². The highest BCUT2D eigenvalue weighted by Gasteiger charge is 2.14. The lowest BCUT2D eigenvalue weighted by atomic mass is 10.3. The highest BCUT2D eigenvalue weighted by Crippen LogP contribution is 2.24. The Bertz CT molecular complexity index is 360. The summed E-state index contributed by atoms with van der Waals surface area (Å²) in [4.78, 5) is 12.0. The number of hydrogen-bond acceptors (Lipinski definition) is 4. The molecule has 1 N–H and O–H groups in total. The summed E-state index contributed by atoms with van der Waals surface area (Å²) in [6.45, 7) is 0.504. The lowest BCUT2D eigenvalue weighted by Crippen LogP contribution is -2.24. The van der Waals surface area contributed by atoms with Gasteiger partial charge >= 0.3 is 5.97 Å². The number of hydrogen-bond donors (Lipinski definition) is 1. The van der Waals surface area contributed by atoms with E-state index in [4.69, 9.17) is 0 Å². The van der Waals surface area contributed by atoms with Crippen molar-refractivity contribution in [3.63, 3.8) is 0 Å². The predicted molar refractivity (Wildman–Crippen MR) is 71.4 cm³/mol. The second kappa shape index (κ2) is 6.81. The lowest BCUT2D eigenvalue weighted by Gasteiger charge is -2.12. The van der Waals surface area contributed by atoms with Crippen LogP contribution in [0.5, 0.6) is 0 Å². The van der Waals surface area contributed by atoms with E-state index in [0.717, 1.165) is 10.6 Å². The zero-order valence-electron chi connectivity index (χ0n) is 9.20. The van der Waals surface area contributed by atoms with Crippen LogP contribution in [0.4, 0.5) is 5.69 Å². The predicted octanol–water partition coefficient (Wildman–Crippen LogP) is 2.76. The summed E-state index contributed by atoms with van der Waals surface area (Å²) >= 11 is 4.93. The average Bonchev–Trinajstić information content (AvgIpc) is 2.35. The Hall–Kier alpha value is -0.680. The number of rotatable bonds is 5. The number of thioether (sulfide) groups is 1. The molecule has 0 bridgehead atoms. The number of benzene rings is 1. The largest absolute Gasteiger partial charge is 0.468 e. The van der Waals surface area contributed by atoms with Gasteiger partial charge in [-0.1, -0.05) is 28.1 Å². The highest BCUT2D eigenvalue weighted by atomic mass is 79.9. The first-order chi connectivity index (χ1) is 7.69. The van der Waals surface area contributed by atoms with Gasteiger partial charge in [-0.2, -0.15) is 0 Å². The summed E-state index contributed by atoms with van der Waals surface area (Å²) in [5, 5.41) is 3.21. The minimum Gasteiger partial charge on any atom is -0.468 e. The van der Waals surface area contributed by atoms with Crippen molar-refractivity contribution >= 4 is 39.3 Å². The zero-order chi connectivity index (χ0) is 12.0. The fourth-order valence-electron chi connectivity index (χ4n) is 1.20. The molecule has 0 heterocycles. The molecule has 0 amide bonds. The number of para-hydroxylation sites is 1. The summed E-state index contributed by atoms with van der Waals surface area (Å²) in [7, 11) is 1.38. The van der Waals surface area contributed by atoms with Crippen molar-refractivity contribution in [1.82, 2.24) is 0 Å². The topological polar surface area (TPSA) is 38.3 Å². The van der Waals surface area contributed by atoms with Crippen LogP contribution in [0.1, 0.15) is 0 Å². The van der Waals surface area contributed by atoms with E-state index in [1.807, 2.05) is 30.5 Å². The van der Waals surface area contributed by atoms with Crippen molar-refractivity contribution in [3.8, 4) is 0 Å². The Balaban J connectivity index is 2.57. The van der Waals surface area contributed by atoms with Crippen molar-refractivity contribution in [1.29, 1.82) is 0 Å². The van der Waals surface area contributed by atoms with Crippen LogP contribution in [0.2, 0.25) is 0 Å². The Morgan fingerprint density at radius 3 is 2.88 bits per heavy atom. The Labute approximate surface area is 108 Å². The SMILES string of the molecule is COC(=O)C(Br)CNc1ccccc1SC. The number of esters is 1. The van der Waals surface area contributed by atoms with Gasteiger partial charge in [0.2, 0.25) is 0 Å². The van der Waals surface area contributed by atoms with Crippen LogP contribution in [-0.2, 0) is 9.53 Å². The van der Waals surface area contributed by atoms with Crippen molar-refractivity contribution in [3.05, 3.63) is 24.3 Å². The first-order valence-electron chi connectivity index (χ1n) is 4.77. The van der Waals surface area contributed by atoms with Crippen LogP contribution in [0, 0.1) is 0 Å². The second-order valence-corrected chi connectivity index (χ2v) is 5.03. The summed E-state index contributed by atoms with van der Waals surface area (Å²) < 4.78 is 4.63. The van der Waals surface area contributed by atoms with E-state index in [2.05, 4.69) is 26.0 Å². The highest BCUT2D eigenvalue weighted by molar-refractivity contribution is 9.10. The van der Waals surface area contributed by atoms with Crippen molar-refractivity contribution in [2.45, 2.75) is 9.72 Å². The molecule has 0 fully saturated rings. The zero-order valence-corrected chi connectivity index (χ0v) is 11.6. The van der Waals surface area contributed by atoms with Crippen LogP contribution in [-0.4, -0.2) is 30.7 Å². The fraction of sp³-hybridized carbons (Fsp3) is 0.364. The van der Waals surface area contributed by atoms with Crippen LogP contribution in [0.15, 0.2) is 29.2 Å². The van der Waals surface area contributed by atoms with Gasteiger partial charge in [0.15, 0.2) is 0 Å². The molecular formula is C11H14BrNO2S. The molecule has 1 unspecified atom stereocenters. The van der Waals surface area contributed by atoms with Gasteiger partial charge in [-0.15, -0.1) is 11.8 Å². The molecule has 0 aliphatic heterocycles. The maximum atomic E-state index is 11.2. The second-order valence-electron chi connectivity index (χ2n) is 3.07. The Morgan fingerprint density at radius 2 is 2.25 bits per heavy atom. The number of ether oxygens (including phenoxy) is 1. The van der Waals surface area contributed by atoms with Gasteiger partial charge in [-0.3, -0.25) is 4.79 Å². The summed E-state index contributed by atoms with van der Waals surface area (Å²) in [5.74, 6) is -0.269. The van der Waals surface area contributed by atoms with E-state index in [1.165, 1.54) is 7.11 Å². The first kappa shape index (κ1) is 13.4. The number of alkyl halides is 1. The summed E-state index contributed by atoms with van der Waals surface area (Å²) in [6, 6.07) is 7.98. The Morgan fingerprint density at radius 1 is 1.56 bits per heavy atom. The maximum absolute atomic E-state index is 11.2. The van der Waals surface area contributed by atoms with E-state index >= 15 is 0 Å². The number of anilines is 1. The van der Waals surface area contributed by atoms with Crippen LogP contribution >= 0.6 is 27.7 Å². The average molecular weight is 304 g/mol. The number of carbonyl (C=O) groups excluding carboxylic acids is 1. The molecule has 0 saturated heterocycles. The fourth-order valence-corrected chi connectivity index (χ4v) is 2.13. The van der Waals surface area contributed by atoms with Gasteiger partial charge in [0, 0.05) is 17.1 Å². The molecule has 1 atom stereocenters. The molecule has 5 heteroatoms. The van der Waals surface area contributed by atoms with Crippen LogP contribution in [0.25, 0.3) is 0 Å². The van der Waals surface area contributed by atoms with Gasteiger partial charge in [0.1, 0.15) is 4.83 Å². The van der Waals surface area contributed by atoms with Crippen molar-refractivity contribution in [2.75, 3.05) is 25.2 Å². The molecule has 0 saturated carbocycles. The van der Waals surface area contributed by atoms with Gasteiger partial charge in [0.25, 0.3) is 0 Å². The van der Waals surface area contributed by atoms with Gasteiger partial charge in [-0.05, 0) is 18.4 Å². The third kappa shape index (κ3) is 3.72. The molecule has 0 aromatic heterocycles. The third-order valence-electron chi connectivity index (χ3n) is 2.04.